The van der Waals surface area contributed by atoms with E-state index in [2.05, 4.69) is 17.7 Å². The first kappa shape index (κ1) is 18.6. The molecule has 0 heterocycles. The third-order valence-corrected chi connectivity index (χ3v) is 3.60. The lowest BCUT2D eigenvalue weighted by Gasteiger charge is -2.14. The van der Waals surface area contributed by atoms with Crippen LogP contribution in [0, 0.1) is 0 Å². The molecule has 0 aliphatic carbocycles. The molecule has 0 rings (SSSR count). The largest absolute Gasteiger partial charge is 0.397 e. The second-order valence-corrected chi connectivity index (χ2v) is 5.97. The van der Waals surface area contributed by atoms with Gasteiger partial charge in [-0.3, -0.25) is 4.55 Å². The molecule has 1 unspecified atom stereocenters. The normalized spacial score (nSPS) is 13.4. The van der Waals surface area contributed by atoms with E-state index in [4.69, 9.17) is 4.55 Å². The number of unbranched alkanes of at least 4 members (excludes halogenated alkanes) is 6. The quantitative estimate of drug-likeness (QED) is 0.312. The van der Waals surface area contributed by atoms with Crippen LogP contribution in [0.4, 0.5) is 0 Å². The first-order valence-electron chi connectivity index (χ1n) is 7.26. The van der Waals surface area contributed by atoms with Gasteiger partial charge in [0, 0.05) is 0 Å². The topological polar surface area (TPSA) is 63.6 Å². The molecule has 0 saturated heterocycles. The van der Waals surface area contributed by atoms with E-state index in [0.717, 1.165) is 12.8 Å². The van der Waals surface area contributed by atoms with E-state index in [9.17, 15) is 8.42 Å². The van der Waals surface area contributed by atoms with Gasteiger partial charge in [-0.1, -0.05) is 57.9 Å². The molecule has 114 valence electrons. The predicted molar refractivity (Wildman–Crippen MR) is 78.5 cm³/mol. The third kappa shape index (κ3) is 13.8. The molecule has 0 aromatic rings. The smallest absolute Gasteiger partial charge is 0.264 e. The summed E-state index contributed by atoms with van der Waals surface area (Å²) in [6, 6.07) is 0. The molecule has 0 saturated carbocycles. The monoisotopic (exact) mass is 292 g/mol. The first-order valence-corrected chi connectivity index (χ1v) is 8.62. The van der Waals surface area contributed by atoms with Crippen LogP contribution in [0.3, 0.4) is 0 Å². The van der Waals surface area contributed by atoms with Gasteiger partial charge < -0.3 is 0 Å². The fourth-order valence-electron chi connectivity index (χ4n) is 2.05. The van der Waals surface area contributed by atoms with Gasteiger partial charge in [-0.05, 0) is 19.3 Å². The summed E-state index contributed by atoms with van der Waals surface area (Å²) in [6.45, 7) is 5.79. The lowest BCUT2D eigenvalue weighted by Crippen LogP contribution is -2.17. The van der Waals surface area contributed by atoms with Crippen LogP contribution in [-0.2, 0) is 14.6 Å². The molecule has 0 aromatic carbocycles. The molecule has 1 N–H and O–H groups in total. The summed E-state index contributed by atoms with van der Waals surface area (Å²) in [4.78, 5) is 0. The Morgan fingerprint density at radius 1 is 1.11 bits per heavy atom. The van der Waals surface area contributed by atoms with Crippen LogP contribution in [-0.4, -0.2) is 19.1 Å². The molecular formula is C14H28O4S. The second-order valence-electron chi connectivity index (χ2n) is 4.92. The summed E-state index contributed by atoms with van der Waals surface area (Å²) < 4.78 is 34.8. The Hall–Kier alpha value is -0.390. The molecule has 0 radical (unpaired) electrons. The average Bonchev–Trinajstić information content (AvgIpc) is 2.33. The van der Waals surface area contributed by atoms with Gasteiger partial charge in [-0.25, -0.2) is 4.18 Å². The fourth-order valence-corrected chi connectivity index (χ4v) is 2.58. The minimum atomic E-state index is -4.34. The summed E-state index contributed by atoms with van der Waals surface area (Å²) >= 11 is 0. The molecular weight excluding hydrogens is 264 g/mol. The zero-order chi connectivity index (χ0) is 14.6. The molecule has 0 amide bonds. The van der Waals surface area contributed by atoms with Gasteiger partial charge >= 0.3 is 10.4 Å². The summed E-state index contributed by atoms with van der Waals surface area (Å²) in [6.07, 6.45) is 11.5. The van der Waals surface area contributed by atoms with Crippen LogP contribution >= 0.6 is 0 Å². The third-order valence-electron chi connectivity index (χ3n) is 3.08. The molecule has 0 aromatic heterocycles. The lowest BCUT2D eigenvalue weighted by molar-refractivity contribution is 0.161. The second kappa shape index (κ2) is 11.4. The van der Waals surface area contributed by atoms with Crippen LogP contribution in [0.2, 0.25) is 0 Å². The summed E-state index contributed by atoms with van der Waals surface area (Å²) in [5, 5.41) is 0. The minimum Gasteiger partial charge on any atom is -0.264 e. The number of hydrogen-bond acceptors (Lipinski definition) is 3. The zero-order valence-corrected chi connectivity index (χ0v) is 12.8. The van der Waals surface area contributed by atoms with Gasteiger partial charge in [0.05, 0.1) is 6.10 Å². The van der Waals surface area contributed by atoms with E-state index in [1.807, 2.05) is 0 Å². The lowest BCUT2D eigenvalue weighted by atomic mass is 10.0. The first-order chi connectivity index (χ1) is 8.99. The van der Waals surface area contributed by atoms with E-state index >= 15 is 0 Å². The molecule has 0 spiro atoms. The van der Waals surface area contributed by atoms with Gasteiger partial charge in [0.25, 0.3) is 0 Å². The Labute approximate surface area is 118 Å². The molecule has 5 heteroatoms. The Kier molecular flexibility index (Phi) is 11.2. The Balaban J connectivity index is 3.76. The van der Waals surface area contributed by atoms with Crippen molar-refractivity contribution < 1.29 is 17.2 Å². The highest BCUT2D eigenvalue weighted by Crippen LogP contribution is 2.16. The Morgan fingerprint density at radius 2 is 1.68 bits per heavy atom. The molecule has 0 bridgehead atoms. The van der Waals surface area contributed by atoms with Crippen molar-refractivity contribution in [1.82, 2.24) is 0 Å². The van der Waals surface area contributed by atoms with Gasteiger partial charge in [-0.2, -0.15) is 8.42 Å². The van der Waals surface area contributed by atoms with Crippen molar-refractivity contribution in [2.75, 3.05) is 0 Å². The maximum absolute atomic E-state index is 10.7. The van der Waals surface area contributed by atoms with Gasteiger partial charge in [0.1, 0.15) is 0 Å². The predicted octanol–water partition coefficient (Wildman–Crippen LogP) is 4.28. The highest BCUT2D eigenvalue weighted by atomic mass is 32.3. The van der Waals surface area contributed by atoms with Crippen molar-refractivity contribution in [3.05, 3.63) is 12.7 Å². The van der Waals surface area contributed by atoms with Gasteiger partial charge in [0.2, 0.25) is 0 Å². The number of allylic oxidation sites excluding steroid dienone is 1. The maximum Gasteiger partial charge on any atom is 0.397 e. The van der Waals surface area contributed by atoms with Crippen molar-refractivity contribution in [1.29, 1.82) is 0 Å². The number of rotatable bonds is 13. The summed E-state index contributed by atoms with van der Waals surface area (Å²) in [5.41, 5.74) is 0. The highest BCUT2D eigenvalue weighted by molar-refractivity contribution is 7.80. The molecule has 0 aliphatic heterocycles. The number of hydrogen-bond donors (Lipinski definition) is 1. The fraction of sp³-hybridized carbons (Fsp3) is 0.857. The van der Waals surface area contributed by atoms with Crippen molar-refractivity contribution in [2.45, 2.75) is 77.2 Å². The van der Waals surface area contributed by atoms with Crippen LogP contribution in [0.5, 0.6) is 0 Å². The molecule has 0 aliphatic rings. The van der Waals surface area contributed by atoms with Crippen LogP contribution < -0.4 is 0 Å². The van der Waals surface area contributed by atoms with Crippen LogP contribution in [0.1, 0.15) is 71.1 Å². The minimum absolute atomic E-state index is 0.427. The van der Waals surface area contributed by atoms with E-state index in [1.54, 1.807) is 6.08 Å². The Bertz CT molecular complexity index is 311. The van der Waals surface area contributed by atoms with Gasteiger partial charge in [-0.15, -0.1) is 6.58 Å². The van der Waals surface area contributed by atoms with Crippen molar-refractivity contribution in [3.8, 4) is 0 Å². The van der Waals surface area contributed by atoms with Crippen LogP contribution in [0.15, 0.2) is 12.7 Å². The van der Waals surface area contributed by atoms with Crippen molar-refractivity contribution in [3.63, 3.8) is 0 Å². The molecule has 4 nitrogen and oxygen atoms in total. The molecule has 1 atom stereocenters. The SMILES string of the molecule is C=CCCC(CCCCCCCCC)OS(=O)(=O)O. The highest BCUT2D eigenvalue weighted by Gasteiger charge is 2.15. The van der Waals surface area contributed by atoms with Crippen molar-refractivity contribution in [2.24, 2.45) is 0 Å². The summed E-state index contributed by atoms with van der Waals surface area (Å²) in [7, 11) is -4.34. The average molecular weight is 292 g/mol. The standard InChI is InChI=1S/C14H28O4S/c1-3-5-7-8-9-10-11-13-14(12-6-4-2)18-19(15,16)17/h4,14H,2-3,5-13H2,1H3,(H,15,16,17). The van der Waals surface area contributed by atoms with Crippen LogP contribution in [0.25, 0.3) is 0 Å². The zero-order valence-electron chi connectivity index (χ0n) is 12.0. The van der Waals surface area contributed by atoms with E-state index in [0.29, 0.717) is 19.3 Å². The summed E-state index contributed by atoms with van der Waals surface area (Å²) in [5.74, 6) is 0. The van der Waals surface area contributed by atoms with Crippen molar-refractivity contribution >= 4 is 10.4 Å². The van der Waals surface area contributed by atoms with E-state index < -0.39 is 16.5 Å². The molecule has 19 heavy (non-hydrogen) atoms. The molecule has 0 fully saturated rings. The maximum atomic E-state index is 10.7. The van der Waals surface area contributed by atoms with E-state index in [-0.39, 0.29) is 0 Å². The Morgan fingerprint density at radius 3 is 2.21 bits per heavy atom. The van der Waals surface area contributed by atoms with E-state index in [1.165, 1.54) is 32.1 Å². The van der Waals surface area contributed by atoms with Gasteiger partial charge in [0.15, 0.2) is 0 Å².